The van der Waals surface area contributed by atoms with Gasteiger partial charge >= 0.3 is 0 Å². The summed E-state index contributed by atoms with van der Waals surface area (Å²) in [5.74, 6) is 5.49. The van der Waals surface area contributed by atoms with Crippen molar-refractivity contribution in [1.29, 1.82) is 0 Å². The summed E-state index contributed by atoms with van der Waals surface area (Å²) in [6.45, 7) is 10.5. The van der Waals surface area contributed by atoms with Gasteiger partial charge in [0.15, 0.2) is 0 Å². The Balaban J connectivity index is 3.92. The van der Waals surface area contributed by atoms with Crippen LogP contribution in [0, 0.1) is 11.8 Å². The minimum atomic E-state index is -0.901. The lowest BCUT2D eigenvalue weighted by Crippen LogP contribution is -2.14. The van der Waals surface area contributed by atoms with Crippen LogP contribution in [-0.4, -0.2) is 10.7 Å². The zero-order valence-electron chi connectivity index (χ0n) is 7.15. The molecule has 1 nitrogen and oxygen atoms in total. The third-order valence-corrected chi connectivity index (χ3v) is 0.998. The van der Waals surface area contributed by atoms with Crippen molar-refractivity contribution in [2.75, 3.05) is 0 Å². The lowest BCUT2D eigenvalue weighted by Gasteiger charge is -2.05. The molecule has 0 aliphatic carbocycles. The summed E-state index contributed by atoms with van der Waals surface area (Å²) in [6, 6.07) is 0. The standard InChI is InChI=1S/C10H14O/c1-5-9(2)7-6-8-10(3,4)11/h5,11H,1-2,7H2,3-4H3. The molecular weight excluding hydrogens is 136 g/mol. The summed E-state index contributed by atoms with van der Waals surface area (Å²) < 4.78 is 0. The maximum Gasteiger partial charge on any atom is 0.119 e. The summed E-state index contributed by atoms with van der Waals surface area (Å²) >= 11 is 0. The van der Waals surface area contributed by atoms with E-state index in [9.17, 15) is 5.11 Å². The first-order chi connectivity index (χ1) is 4.95. The molecule has 0 radical (unpaired) electrons. The average molecular weight is 150 g/mol. The zero-order chi connectivity index (χ0) is 8.91. The topological polar surface area (TPSA) is 20.2 Å². The molecule has 0 amide bonds. The van der Waals surface area contributed by atoms with Crippen LogP contribution < -0.4 is 0 Å². The number of hydrogen-bond donors (Lipinski definition) is 1. The van der Waals surface area contributed by atoms with Gasteiger partial charge in [-0.05, 0) is 19.4 Å². The molecule has 0 aliphatic heterocycles. The Kier molecular flexibility index (Phi) is 3.64. The molecule has 0 unspecified atom stereocenters. The largest absolute Gasteiger partial charge is 0.378 e. The Morgan fingerprint density at radius 2 is 2.18 bits per heavy atom. The van der Waals surface area contributed by atoms with Crippen molar-refractivity contribution in [1.82, 2.24) is 0 Å². The molecule has 60 valence electrons. The smallest absolute Gasteiger partial charge is 0.119 e. The van der Waals surface area contributed by atoms with Crippen molar-refractivity contribution in [3.63, 3.8) is 0 Å². The van der Waals surface area contributed by atoms with Crippen LogP contribution in [0.3, 0.4) is 0 Å². The lowest BCUT2D eigenvalue weighted by atomic mass is 10.1. The van der Waals surface area contributed by atoms with Crippen LogP contribution in [0.1, 0.15) is 20.3 Å². The second kappa shape index (κ2) is 4.00. The van der Waals surface area contributed by atoms with Gasteiger partial charge in [0.25, 0.3) is 0 Å². The number of hydrogen-bond acceptors (Lipinski definition) is 1. The van der Waals surface area contributed by atoms with Gasteiger partial charge in [0.1, 0.15) is 5.60 Å². The van der Waals surface area contributed by atoms with Crippen LogP contribution in [0.2, 0.25) is 0 Å². The fourth-order valence-corrected chi connectivity index (χ4v) is 0.446. The monoisotopic (exact) mass is 150 g/mol. The minimum Gasteiger partial charge on any atom is -0.378 e. The summed E-state index contributed by atoms with van der Waals surface area (Å²) in [6.07, 6.45) is 2.24. The highest BCUT2D eigenvalue weighted by Gasteiger charge is 2.04. The van der Waals surface area contributed by atoms with E-state index >= 15 is 0 Å². The summed E-state index contributed by atoms with van der Waals surface area (Å²) in [4.78, 5) is 0. The molecule has 11 heavy (non-hydrogen) atoms. The molecule has 0 atom stereocenters. The van der Waals surface area contributed by atoms with Crippen LogP contribution in [0.15, 0.2) is 24.8 Å². The Morgan fingerprint density at radius 3 is 2.55 bits per heavy atom. The first kappa shape index (κ1) is 10.0. The Hall–Kier alpha value is -1.00. The van der Waals surface area contributed by atoms with Crippen molar-refractivity contribution in [2.24, 2.45) is 0 Å². The van der Waals surface area contributed by atoms with E-state index in [-0.39, 0.29) is 0 Å². The molecular formula is C10H14O. The normalized spacial score (nSPS) is 9.73. The molecule has 0 bridgehead atoms. The quantitative estimate of drug-likeness (QED) is 0.471. The Morgan fingerprint density at radius 1 is 1.64 bits per heavy atom. The fraction of sp³-hybridized carbons (Fsp3) is 0.400. The average Bonchev–Trinajstić information content (AvgIpc) is 1.85. The van der Waals surface area contributed by atoms with Crippen molar-refractivity contribution < 1.29 is 5.11 Å². The van der Waals surface area contributed by atoms with Crippen molar-refractivity contribution in [3.05, 3.63) is 24.8 Å². The van der Waals surface area contributed by atoms with Gasteiger partial charge in [-0.15, -0.1) is 0 Å². The summed E-state index contributed by atoms with van der Waals surface area (Å²) in [5.41, 5.74) is -0.0247. The maximum absolute atomic E-state index is 9.17. The summed E-state index contributed by atoms with van der Waals surface area (Å²) in [5, 5.41) is 9.17. The van der Waals surface area contributed by atoms with Gasteiger partial charge in [-0.25, -0.2) is 0 Å². The predicted octanol–water partition coefficient (Wildman–Crippen LogP) is 1.89. The maximum atomic E-state index is 9.17. The van der Waals surface area contributed by atoms with Crippen LogP contribution in [0.4, 0.5) is 0 Å². The fourth-order valence-electron chi connectivity index (χ4n) is 0.446. The van der Waals surface area contributed by atoms with E-state index in [1.54, 1.807) is 19.9 Å². The van der Waals surface area contributed by atoms with Gasteiger partial charge in [-0.2, -0.15) is 0 Å². The first-order valence-electron chi connectivity index (χ1n) is 3.48. The molecule has 1 heteroatoms. The predicted molar refractivity (Wildman–Crippen MR) is 48.0 cm³/mol. The molecule has 0 fully saturated rings. The number of allylic oxidation sites excluding steroid dienone is 2. The molecule has 0 saturated carbocycles. The third kappa shape index (κ3) is 6.89. The van der Waals surface area contributed by atoms with E-state index in [0.717, 1.165) is 5.57 Å². The van der Waals surface area contributed by atoms with Crippen LogP contribution in [-0.2, 0) is 0 Å². The highest BCUT2D eigenvalue weighted by atomic mass is 16.3. The van der Waals surface area contributed by atoms with E-state index < -0.39 is 5.60 Å². The highest BCUT2D eigenvalue weighted by molar-refractivity contribution is 5.21. The SMILES string of the molecule is C=CC(=C)CC#CC(C)(C)O. The summed E-state index contributed by atoms with van der Waals surface area (Å²) in [7, 11) is 0. The molecule has 0 saturated heterocycles. The third-order valence-electron chi connectivity index (χ3n) is 0.998. The molecule has 0 heterocycles. The van der Waals surface area contributed by atoms with Crippen LogP contribution in [0.25, 0.3) is 0 Å². The van der Waals surface area contributed by atoms with Gasteiger partial charge in [0.2, 0.25) is 0 Å². The van der Waals surface area contributed by atoms with Gasteiger partial charge in [0, 0.05) is 6.42 Å². The van der Waals surface area contributed by atoms with Gasteiger partial charge < -0.3 is 5.11 Å². The number of rotatable bonds is 2. The molecule has 0 rings (SSSR count). The van der Waals surface area contributed by atoms with Crippen LogP contribution >= 0.6 is 0 Å². The van der Waals surface area contributed by atoms with E-state index in [0.29, 0.717) is 6.42 Å². The molecule has 0 aromatic carbocycles. The molecule has 0 aromatic rings. The van der Waals surface area contributed by atoms with Crippen LogP contribution in [0.5, 0.6) is 0 Å². The Bertz CT molecular complexity index is 207. The lowest BCUT2D eigenvalue weighted by molar-refractivity contribution is 0.143. The second-order valence-corrected chi connectivity index (χ2v) is 2.90. The number of aliphatic hydroxyl groups is 1. The van der Waals surface area contributed by atoms with Crippen molar-refractivity contribution >= 4 is 0 Å². The second-order valence-electron chi connectivity index (χ2n) is 2.90. The zero-order valence-corrected chi connectivity index (χ0v) is 7.15. The minimum absolute atomic E-state index is 0.577. The molecule has 0 aliphatic rings. The first-order valence-corrected chi connectivity index (χ1v) is 3.48. The van der Waals surface area contributed by atoms with E-state index in [4.69, 9.17) is 0 Å². The molecule has 1 N–H and O–H groups in total. The Labute approximate surface area is 68.4 Å². The highest BCUT2D eigenvalue weighted by Crippen LogP contribution is 2.00. The van der Waals surface area contributed by atoms with E-state index in [1.807, 2.05) is 0 Å². The van der Waals surface area contributed by atoms with Gasteiger partial charge in [-0.3, -0.25) is 0 Å². The van der Waals surface area contributed by atoms with Crippen molar-refractivity contribution in [2.45, 2.75) is 25.9 Å². The van der Waals surface area contributed by atoms with Gasteiger partial charge in [0.05, 0.1) is 0 Å². The van der Waals surface area contributed by atoms with E-state index in [2.05, 4.69) is 25.0 Å². The molecule has 0 aromatic heterocycles. The van der Waals surface area contributed by atoms with Gasteiger partial charge in [-0.1, -0.05) is 31.1 Å². The van der Waals surface area contributed by atoms with E-state index in [1.165, 1.54) is 0 Å². The molecule has 0 spiro atoms. The van der Waals surface area contributed by atoms with Crippen molar-refractivity contribution in [3.8, 4) is 11.8 Å².